The molecule has 2 heteroatoms. The normalized spacial score (nSPS) is 16.0. The highest BCUT2D eigenvalue weighted by Gasteiger charge is 2.07. The number of nitrogens with zero attached hydrogens (tertiary/aromatic N) is 2. The first-order valence-electron chi connectivity index (χ1n) is 7.39. The molecule has 21 heavy (non-hydrogen) atoms. The van der Waals surface area contributed by atoms with Gasteiger partial charge in [-0.2, -0.15) is 0 Å². The molecule has 0 aromatic heterocycles. The summed E-state index contributed by atoms with van der Waals surface area (Å²) < 4.78 is 0. The highest BCUT2D eigenvalue weighted by atomic mass is 15.2. The van der Waals surface area contributed by atoms with Crippen LogP contribution in [0.3, 0.4) is 0 Å². The molecule has 0 bridgehead atoms. The molecule has 1 saturated heterocycles. The summed E-state index contributed by atoms with van der Waals surface area (Å²) in [6.07, 6.45) is 0. The number of likely N-dealkylation sites (N-methyl/N-ethyl adjacent to an activating group) is 2. The predicted octanol–water partition coefficient (Wildman–Crippen LogP) is 3.96. The molecule has 0 amide bonds. The van der Waals surface area contributed by atoms with E-state index in [4.69, 9.17) is 0 Å². The van der Waals surface area contributed by atoms with Crippen molar-refractivity contribution >= 4 is 10.8 Å². The molecule has 0 radical (unpaired) electrons. The van der Waals surface area contributed by atoms with E-state index in [1.54, 1.807) is 0 Å². The fourth-order valence-electron chi connectivity index (χ4n) is 2.39. The highest BCUT2D eigenvalue weighted by Crippen LogP contribution is 2.16. The van der Waals surface area contributed by atoms with Crippen molar-refractivity contribution in [2.75, 3.05) is 40.3 Å². The van der Waals surface area contributed by atoms with Crippen LogP contribution in [-0.4, -0.2) is 50.1 Å². The summed E-state index contributed by atoms with van der Waals surface area (Å²) in [5.74, 6) is 0. The second-order valence-electron chi connectivity index (χ2n) is 5.96. The summed E-state index contributed by atoms with van der Waals surface area (Å²) >= 11 is 0. The Morgan fingerprint density at radius 2 is 1.00 bits per heavy atom. The van der Waals surface area contributed by atoms with E-state index in [2.05, 4.69) is 74.1 Å². The van der Waals surface area contributed by atoms with Gasteiger partial charge in [-0.25, -0.2) is 0 Å². The van der Waals surface area contributed by atoms with Gasteiger partial charge in [-0.1, -0.05) is 55.0 Å². The summed E-state index contributed by atoms with van der Waals surface area (Å²) in [5, 5.41) is 2.67. The summed E-state index contributed by atoms with van der Waals surface area (Å²) in [6.45, 7) is 9.18. The van der Waals surface area contributed by atoms with E-state index in [0.717, 1.165) is 0 Å². The monoisotopic (exact) mass is 286 g/mol. The van der Waals surface area contributed by atoms with Crippen LogP contribution in [-0.2, 0) is 0 Å². The van der Waals surface area contributed by atoms with Gasteiger partial charge in [-0.3, -0.25) is 0 Å². The van der Waals surface area contributed by atoms with Crippen molar-refractivity contribution in [2.45, 2.75) is 21.3 Å². The molecule has 2 aromatic rings. The quantitative estimate of drug-likeness (QED) is 0.723. The lowest BCUT2D eigenvalue weighted by molar-refractivity contribution is 0.181. The van der Waals surface area contributed by atoms with Crippen molar-refractivity contribution in [3.05, 3.63) is 47.5 Å². The van der Waals surface area contributed by atoms with Crippen LogP contribution >= 0.6 is 0 Å². The molecule has 0 unspecified atom stereocenters. The van der Waals surface area contributed by atoms with Gasteiger partial charge in [0.1, 0.15) is 0 Å². The van der Waals surface area contributed by atoms with Gasteiger partial charge >= 0.3 is 0 Å². The topological polar surface area (TPSA) is 6.48 Å². The van der Waals surface area contributed by atoms with Gasteiger partial charge in [0.15, 0.2) is 0 Å². The van der Waals surface area contributed by atoms with Crippen LogP contribution in [0.1, 0.15) is 18.6 Å². The molecule has 1 fully saturated rings. The maximum Gasteiger partial charge on any atom is 0.0107 e. The van der Waals surface area contributed by atoms with Crippen LogP contribution in [0.2, 0.25) is 0 Å². The second kappa shape index (κ2) is 8.16. The van der Waals surface area contributed by atoms with Crippen LogP contribution in [0.5, 0.6) is 0 Å². The first-order valence-corrected chi connectivity index (χ1v) is 7.39. The minimum Gasteiger partial charge on any atom is -0.304 e. The molecule has 0 spiro atoms. The lowest BCUT2D eigenvalue weighted by Crippen LogP contribution is -2.42. The van der Waals surface area contributed by atoms with Crippen molar-refractivity contribution in [1.29, 1.82) is 0 Å². The molecule has 0 saturated carbocycles. The largest absolute Gasteiger partial charge is 0.304 e. The number of aryl methyl sites for hydroxylation is 2. The zero-order valence-corrected chi connectivity index (χ0v) is 13.2. The van der Waals surface area contributed by atoms with E-state index in [1.165, 1.54) is 48.1 Å². The van der Waals surface area contributed by atoms with Crippen LogP contribution in [0.4, 0.5) is 0 Å². The van der Waals surface area contributed by atoms with E-state index in [9.17, 15) is 0 Å². The predicted molar refractivity (Wildman–Crippen MR) is 95.1 cm³/mol. The Labute approximate surface area is 130 Å². The minimum atomic E-state index is 0. The number of fused-ring (bicyclic) bond motifs is 1. The highest BCUT2D eigenvalue weighted by molar-refractivity contribution is 5.83. The van der Waals surface area contributed by atoms with Gasteiger partial charge < -0.3 is 9.80 Å². The standard InChI is InChI=1S/C12H12.C6H14N2.CH4/c1-9-3-5-12-8-10(2)4-6-11(12)7-9;1-7-3-5-8(2)6-4-7;/h3-8H,1-2H3;3-6H2,1-2H3;1H4. The van der Waals surface area contributed by atoms with Gasteiger partial charge in [0.05, 0.1) is 0 Å². The number of hydrogen-bond acceptors (Lipinski definition) is 2. The number of hydrogen-bond donors (Lipinski definition) is 0. The average Bonchev–Trinajstić information content (AvgIpc) is 2.43. The SMILES string of the molecule is C.CN1CCN(C)CC1.Cc1ccc2cc(C)ccc2c1. The van der Waals surface area contributed by atoms with Crippen molar-refractivity contribution < 1.29 is 0 Å². The average molecular weight is 286 g/mol. The van der Waals surface area contributed by atoms with Gasteiger partial charge in [0, 0.05) is 26.2 Å². The van der Waals surface area contributed by atoms with Crippen LogP contribution in [0.25, 0.3) is 10.8 Å². The maximum atomic E-state index is 2.36. The third-order valence-electron chi connectivity index (χ3n) is 3.88. The Hall–Kier alpha value is -1.38. The molecule has 1 aliphatic heterocycles. The smallest absolute Gasteiger partial charge is 0.0107 e. The third-order valence-corrected chi connectivity index (χ3v) is 3.88. The van der Waals surface area contributed by atoms with E-state index in [1.807, 2.05) is 0 Å². The van der Waals surface area contributed by atoms with Gasteiger partial charge in [-0.15, -0.1) is 0 Å². The Morgan fingerprint density at radius 3 is 1.33 bits per heavy atom. The lowest BCUT2D eigenvalue weighted by Gasteiger charge is -2.28. The van der Waals surface area contributed by atoms with E-state index in [-0.39, 0.29) is 7.43 Å². The number of rotatable bonds is 0. The molecule has 116 valence electrons. The second-order valence-corrected chi connectivity index (χ2v) is 5.96. The van der Waals surface area contributed by atoms with Crippen molar-refractivity contribution in [3.8, 4) is 0 Å². The van der Waals surface area contributed by atoms with Gasteiger partial charge in [0.25, 0.3) is 0 Å². The zero-order valence-electron chi connectivity index (χ0n) is 13.2. The van der Waals surface area contributed by atoms with E-state index >= 15 is 0 Å². The Balaban J connectivity index is 0.000000216. The lowest BCUT2D eigenvalue weighted by atomic mass is 10.1. The summed E-state index contributed by atoms with van der Waals surface area (Å²) in [5.41, 5.74) is 2.65. The first kappa shape index (κ1) is 17.7. The van der Waals surface area contributed by atoms with Crippen LogP contribution < -0.4 is 0 Å². The van der Waals surface area contributed by atoms with Gasteiger partial charge in [-0.05, 0) is 38.7 Å². The Kier molecular flexibility index (Phi) is 6.86. The molecule has 2 aromatic carbocycles. The molecule has 1 aliphatic rings. The molecule has 3 rings (SSSR count). The molecule has 1 heterocycles. The van der Waals surface area contributed by atoms with E-state index < -0.39 is 0 Å². The van der Waals surface area contributed by atoms with Crippen molar-refractivity contribution in [1.82, 2.24) is 9.80 Å². The van der Waals surface area contributed by atoms with Crippen LogP contribution in [0, 0.1) is 13.8 Å². The molecule has 0 N–H and O–H groups in total. The fourth-order valence-corrected chi connectivity index (χ4v) is 2.39. The zero-order chi connectivity index (χ0) is 14.5. The Morgan fingerprint density at radius 1 is 0.667 bits per heavy atom. The molecule has 0 aliphatic carbocycles. The summed E-state index contributed by atoms with van der Waals surface area (Å²) in [7, 11) is 4.35. The molecular formula is C19H30N2. The third kappa shape index (κ3) is 5.49. The summed E-state index contributed by atoms with van der Waals surface area (Å²) in [6, 6.07) is 13.1. The minimum absolute atomic E-state index is 0. The fraction of sp³-hybridized carbons (Fsp3) is 0.474. The van der Waals surface area contributed by atoms with Crippen molar-refractivity contribution in [2.24, 2.45) is 0 Å². The van der Waals surface area contributed by atoms with E-state index in [0.29, 0.717) is 0 Å². The number of benzene rings is 2. The van der Waals surface area contributed by atoms with Gasteiger partial charge in [0.2, 0.25) is 0 Å². The Bertz CT molecular complexity index is 503. The first-order chi connectivity index (χ1) is 9.54. The maximum absolute atomic E-state index is 2.36. The van der Waals surface area contributed by atoms with Crippen molar-refractivity contribution in [3.63, 3.8) is 0 Å². The number of piperazine rings is 1. The summed E-state index contributed by atoms with van der Waals surface area (Å²) in [4.78, 5) is 4.72. The van der Waals surface area contributed by atoms with Crippen LogP contribution in [0.15, 0.2) is 36.4 Å². The molecule has 0 atom stereocenters. The molecular weight excluding hydrogens is 256 g/mol. The molecule has 2 nitrogen and oxygen atoms in total.